The van der Waals surface area contributed by atoms with Crippen molar-refractivity contribution in [3.8, 4) is 0 Å². The molecule has 4 rings (SSSR count). The number of fused-ring (bicyclic) bond motifs is 1. The zero-order chi connectivity index (χ0) is 26.0. The predicted molar refractivity (Wildman–Crippen MR) is 146 cm³/mol. The second kappa shape index (κ2) is 10.6. The molecular weight excluding hydrogens is 566 g/mol. The number of nitrogens with one attached hydrogen (secondary N) is 3. The Labute approximate surface area is 231 Å². The molecule has 0 saturated carbocycles. The lowest BCUT2D eigenvalue weighted by molar-refractivity contribution is 0.0918. The van der Waals surface area contributed by atoms with Crippen molar-refractivity contribution in [2.24, 2.45) is 0 Å². The highest BCUT2D eigenvalue weighted by Crippen LogP contribution is 2.34. The van der Waals surface area contributed by atoms with E-state index in [1.54, 1.807) is 66.7 Å². The largest absolute Gasteiger partial charge is 0.339 e. The third-order valence-corrected chi connectivity index (χ3v) is 6.26. The van der Waals surface area contributed by atoms with Gasteiger partial charge in [0.25, 0.3) is 17.7 Å². The number of amides is 3. The molecule has 7 nitrogen and oxygen atoms in total. The molecule has 0 aliphatic carbocycles. The van der Waals surface area contributed by atoms with E-state index in [0.717, 1.165) is 4.90 Å². The highest BCUT2D eigenvalue weighted by molar-refractivity contribution is 7.80. The van der Waals surface area contributed by atoms with Crippen LogP contribution in [0.4, 0.5) is 11.4 Å². The first-order valence-corrected chi connectivity index (χ1v) is 12.3. The zero-order valence-corrected chi connectivity index (χ0v) is 21.9. The summed E-state index contributed by atoms with van der Waals surface area (Å²) < 4.78 is -2.00. The second-order valence-corrected chi connectivity index (χ2v) is 10.8. The van der Waals surface area contributed by atoms with Crippen molar-refractivity contribution < 1.29 is 14.4 Å². The molecule has 1 atom stereocenters. The summed E-state index contributed by atoms with van der Waals surface area (Å²) in [5.41, 5.74) is 1.48. The van der Waals surface area contributed by atoms with Gasteiger partial charge in [-0.3, -0.25) is 14.4 Å². The van der Waals surface area contributed by atoms with E-state index in [-0.39, 0.29) is 16.4 Å². The molecule has 1 heterocycles. The van der Waals surface area contributed by atoms with Crippen molar-refractivity contribution in [3.05, 3.63) is 94.5 Å². The standard InChI is InChI=1S/C24H16Cl4N4O3S/c25-14-7-5-6-13(12-14)19(33)30-22(24(26,27)28)31-23(36)29-17-10-3-4-11-18(17)32-20(34)15-8-1-2-9-16(15)21(32)35/h1-12,22H,(H,30,33)(H2,29,31,36). The van der Waals surface area contributed by atoms with Crippen LogP contribution < -0.4 is 20.9 Å². The molecule has 0 aromatic heterocycles. The number of carbonyl (C=O) groups is 3. The third-order valence-electron chi connectivity index (χ3n) is 5.15. The van der Waals surface area contributed by atoms with Crippen LogP contribution in [0.3, 0.4) is 0 Å². The molecule has 12 heteroatoms. The summed E-state index contributed by atoms with van der Waals surface area (Å²) in [6.07, 6.45) is -1.25. The van der Waals surface area contributed by atoms with Crippen molar-refractivity contribution >= 4 is 92.8 Å². The van der Waals surface area contributed by atoms with Gasteiger partial charge in [-0.2, -0.15) is 0 Å². The fraction of sp³-hybridized carbons (Fsp3) is 0.0833. The highest BCUT2D eigenvalue weighted by atomic mass is 35.6. The van der Waals surface area contributed by atoms with Gasteiger partial charge >= 0.3 is 0 Å². The van der Waals surface area contributed by atoms with Crippen molar-refractivity contribution in [2.75, 3.05) is 10.2 Å². The van der Waals surface area contributed by atoms with Gasteiger partial charge in [-0.25, -0.2) is 4.90 Å². The van der Waals surface area contributed by atoms with E-state index in [9.17, 15) is 14.4 Å². The van der Waals surface area contributed by atoms with E-state index in [1.165, 1.54) is 6.07 Å². The molecule has 3 N–H and O–H groups in total. The maximum atomic E-state index is 13.0. The number of halogens is 4. The Bertz CT molecular complexity index is 1340. The SMILES string of the molecule is O=C(NC(NC(=S)Nc1ccccc1N1C(=O)c2ccccc2C1=O)C(Cl)(Cl)Cl)c1cccc(Cl)c1. The summed E-state index contributed by atoms with van der Waals surface area (Å²) in [5, 5.41) is 8.54. The average molecular weight is 582 g/mol. The lowest BCUT2D eigenvalue weighted by Crippen LogP contribution is -2.56. The minimum Gasteiger partial charge on any atom is -0.339 e. The lowest BCUT2D eigenvalue weighted by Gasteiger charge is -2.28. The van der Waals surface area contributed by atoms with Gasteiger partial charge in [-0.1, -0.05) is 76.7 Å². The normalized spacial score (nSPS) is 13.7. The van der Waals surface area contributed by atoms with Crippen LogP contribution in [0, 0.1) is 0 Å². The summed E-state index contributed by atoms with van der Waals surface area (Å²) in [7, 11) is 0. The van der Waals surface area contributed by atoms with Gasteiger partial charge in [0.2, 0.25) is 3.79 Å². The van der Waals surface area contributed by atoms with E-state index >= 15 is 0 Å². The first-order valence-electron chi connectivity index (χ1n) is 10.3. The second-order valence-electron chi connectivity index (χ2n) is 7.57. The molecule has 36 heavy (non-hydrogen) atoms. The molecule has 3 aromatic carbocycles. The maximum absolute atomic E-state index is 13.0. The van der Waals surface area contributed by atoms with E-state index in [4.69, 9.17) is 58.6 Å². The average Bonchev–Trinajstić information content (AvgIpc) is 3.08. The molecule has 1 aliphatic rings. The van der Waals surface area contributed by atoms with Crippen molar-refractivity contribution in [1.29, 1.82) is 0 Å². The number of rotatable bonds is 5. The van der Waals surface area contributed by atoms with Crippen LogP contribution in [0.25, 0.3) is 0 Å². The number of hydrogen-bond donors (Lipinski definition) is 3. The molecular formula is C24H16Cl4N4O3S. The maximum Gasteiger partial charge on any atom is 0.266 e. The first-order chi connectivity index (χ1) is 17.1. The monoisotopic (exact) mass is 580 g/mol. The van der Waals surface area contributed by atoms with Gasteiger partial charge in [-0.05, 0) is 54.7 Å². The van der Waals surface area contributed by atoms with Crippen molar-refractivity contribution in [1.82, 2.24) is 10.6 Å². The van der Waals surface area contributed by atoms with E-state index in [1.807, 2.05) is 0 Å². The molecule has 0 saturated heterocycles. The topological polar surface area (TPSA) is 90.5 Å². The smallest absolute Gasteiger partial charge is 0.266 e. The molecule has 0 bridgehead atoms. The molecule has 0 fully saturated rings. The fourth-order valence-corrected chi connectivity index (χ4v) is 4.26. The number of thiocarbonyl (C=S) groups is 1. The summed E-state index contributed by atoms with van der Waals surface area (Å²) >= 11 is 29.6. The Kier molecular flexibility index (Phi) is 7.73. The summed E-state index contributed by atoms with van der Waals surface area (Å²) in [4.78, 5) is 39.6. The molecule has 0 spiro atoms. The van der Waals surface area contributed by atoms with Crippen LogP contribution in [0.15, 0.2) is 72.8 Å². The number of anilines is 2. The third kappa shape index (κ3) is 5.58. The molecule has 1 aliphatic heterocycles. The van der Waals surface area contributed by atoms with Crippen molar-refractivity contribution in [3.63, 3.8) is 0 Å². The number of carbonyl (C=O) groups excluding carboxylic acids is 3. The van der Waals surface area contributed by atoms with Gasteiger partial charge in [0.1, 0.15) is 6.17 Å². The minimum atomic E-state index is -2.00. The fourth-order valence-electron chi connectivity index (χ4n) is 3.52. The van der Waals surface area contributed by atoms with E-state index < -0.39 is 27.7 Å². The van der Waals surface area contributed by atoms with Crippen LogP contribution in [-0.4, -0.2) is 32.8 Å². The van der Waals surface area contributed by atoms with Gasteiger partial charge in [0.05, 0.1) is 22.5 Å². The first kappa shape index (κ1) is 26.2. The summed E-state index contributed by atoms with van der Waals surface area (Å²) in [5.74, 6) is -1.48. The van der Waals surface area contributed by atoms with E-state index in [2.05, 4.69) is 16.0 Å². The number of para-hydroxylation sites is 2. The Balaban J connectivity index is 1.53. The van der Waals surface area contributed by atoms with Crippen LogP contribution in [0.2, 0.25) is 5.02 Å². The van der Waals surface area contributed by atoms with Crippen molar-refractivity contribution in [2.45, 2.75) is 9.96 Å². The Morgan fingerprint density at radius 3 is 2.08 bits per heavy atom. The molecule has 1 unspecified atom stereocenters. The van der Waals surface area contributed by atoms with Crippen LogP contribution in [0.1, 0.15) is 31.1 Å². The molecule has 184 valence electrons. The Morgan fingerprint density at radius 1 is 0.861 bits per heavy atom. The van der Waals surface area contributed by atoms with Crippen LogP contribution >= 0.6 is 58.6 Å². The van der Waals surface area contributed by atoms with Gasteiger partial charge < -0.3 is 16.0 Å². The summed E-state index contributed by atoms with van der Waals surface area (Å²) in [6.45, 7) is 0. The molecule has 0 radical (unpaired) electrons. The van der Waals surface area contributed by atoms with E-state index in [0.29, 0.717) is 21.8 Å². The number of imide groups is 1. The van der Waals surface area contributed by atoms with Crippen LogP contribution in [0.5, 0.6) is 0 Å². The number of hydrogen-bond acceptors (Lipinski definition) is 4. The summed E-state index contributed by atoms with van der Waals surface area (Å²) in [6, 6.07) is 19.4. The van der Waals surface area contributed by atoms with Gasteiger partial charge in [0, 0.05) is 10.6 Å². The number of alkyl halides is 3. The number of nitrogens with zero attached hydrogens (tertiary/aromatic N) is 1. The Morgan fingerprint density at radius 2 is 1.47 bits per heavy atom. The minimum absolute atomic E-state index is 0.0400. The predicted octanol–water partition coefficient (Wildman–Crippen LogP) is 5.55. The van der Waals surface area contributed by atoms with Gasteiger partial charge in [0.15, 0.2) is 5.11 Å². The zero-order valence-electron chi connectivity index (χ0n) is 18.1. The Hall–Kier alpha value is -2.88. The highest BCUT2D eigenvalue weighted by Gasteiger charge is 2.38. The van der Waals surface area contributed by atoms with Gasteiger partial charge in [-0.15, -0.1) is 0 Å². The quantitative estimate of drug-likeness (QED) is 0.158. The molecule has 3 amide bonds. The molecule has 3 aromatic rings. The van der Waals surface area contributed by atoms with Crippen LogP contribution in [-0.2, 0) is 0 Å². The number of benzene rings is 3. The lowest BCUT2D eigenvalue weighted by atomic mass is 10.1.